The van der Waals surface area contributed by atoms with Crippen molar-refractivity contribution in [3.63, 3.8) is 0 Å². The van der Waals surface area contributed by atoms with E-state index in [1.165, 1.54) is 13.2 Å². The lowest BCUT2D eigenvalue weighted by atomic mass is 10.1. The Balaban J connectivity index is 1.31. The number of hydrogen-bond acceptors (Lipinski definition) is 8. The summed E-state index contributed by atoms with van der Waals surface area (Å²) < 4.78 is 18.6. The molecule has 36 heavy (non-hydrogen) atoms. The molecule has 0 amide bonds. The molecular weight excluding hydrogens is 460 g/mol. The van der Waals surface area contributed by atoms with Crippen molar-refractivity contribution in [3.8, 4) is 17.5 Å². The third-order valence-electron chi connectivity index (χ3n) is 6.75. The molecule has 188 valence electrons. The molecule has 5 rings (SSSR count). The number of aromatic nitrogens is 3. The summed E-state index contributed by atoms with van der Waals surface area (Å²) in [5, 5.41) is 0. The third-order valence-corrected chi connectivity index (χ3v) is 6.75. The van der Waals surface area contributed by atoms with Gasteiger partial charge in [-0.3, -0.25) is 9.69 Å². The SMILES string of the molecule is COC(=O)c1c(OC2CCCC2)cc(=O)n2c1CCN(Cc1ccc(Oc3ncccn3)cc1)CC2. The van der Waals surface area contributed by atoms with Gasteiger partial charge in [0.1, 0.15) is 17.1 Å². The summed E-state index contributed by atoms with van der Waals surface area (Å²) in [6.45, 7) is 2.59. The predicted octanol–water partition coefficient (Wildman–Crippen LogP) is 3.60. The zero-order valence-corrected chi connectivity index (χ0v) is 20.4. The van der Waals surface area contributed by atoms with E-state index in [1.54, 1.807) is 23.0 Å². The summed E-state index contributed by atoms with van der Waals surface area (Å²) >= 11 is 0. The minimum Gasteiger partial charge on any atom is -0.489 e. The molecule has 0 spiro atoms. The average Bonchev–Trinajstić information content (AvgIpc) is 3.32. The van der Waals surface area contributed by atoms with Crippen LogP contribution < -0.4 is 15.0 Å². The number of rotatable bonds is 7. The van der Waals surface area contributed by atoms with E-state index in [2.05, 4.69) is 14.9 Å². The molecule has 1 aromatic carbocycles. The molecule has 1 fully saturated rings. The van der Waals surface area contributed by atoms with Gasteiger partial charge in [-0.1, -0.05) is 12.1 Å². The molecule has 9 nitrogen and oxygen atoms in total. The Bertz CT molecular complexity index is 1250. The highest BCUT2D eigenvalue weighted by atomic mass is 16.5. The van der Waals surface area contributed by atoms with Crippen molar-refractivity contribution in [1.82, 2.24) is 19.4 Å². The number of nitrogens with zero attached hydrogens (tertiary/aromatic N) is 4. The van der Waals surface area contributed by atoms with Crippen molar-refractivity contribution >= 4 is 5.97 Å². The second-order valence-corrected chi connectivity index (χ2v) is 9.14. The van der Waals surface area contributed by atoms with E-state index in [1.807, 2.05) is 24.3 Å². The first-order valence-electron chi connectivity index (χ1n) is 12.4. The van der Waals surface area contributed by atoms with Crippen LogP contribution >= 0.6 is 0 Å². The van der Waals surface area contributed by atoms with Crippen molar-refractivity contribution in [1.29, 1.82) is 0 Å². The van der Waals surface area contributed by atoms with Crippen LogP contribution in [0.2, 0.25) is 0 Å². The summed E-state index contributed by atoms with van der Waals surface area (Å²) in [5.41, 5.74) is 2.05. The molecule has 0 saturated heterocycles. The second-order valence-electron chi connectivity index (χ2n) is 9.14. The number of ether oxygens (including phenoxy) is 3. The molecule has 3 aromatic rings. The van der Waals surface area contributed by atoms with E-state index in [4.69, 9.17) is 14.2 Å². The van der Waals surface area contributed by atoms with E-state index < -0.39 is 5.97 Å². The molecule has 1 saturated carbocycles. The van der Waals surface area contributed by atoms with Gasteiger partial charge in [0.15, 0.2) is 0 Å². The normalized spacial score (nSPS) is 16.2. The highest BCUT2D eigenvalue weighted by Crippen LogP contribution is 2.29. The lowest BCUT2D eigenvalue weighted by Crippen LogP contribution is -2.29. The third kappa shape index (κ3) is 5.41. The zero-order chi connectivity index (χ0) is 24.9. The van der Waals surface area contributed by atoms with Crippen LogP contribution in [0.25, 0.3) is 0 Å². The van der Waals surface area contributed by atoms with Crippen LogP contribution in [0.15, 0.2) is 53.6 Å². The molecule has 0 atom stereocenters. The summed E-state index contributed by atoms with van der Waals surface area (Å²) in [6.07, 6.45) is 7.94. The van der Waals surface area contributed by atoms with Crippen molar-refractivity contribution in [2.24, 2.45) is 0 Å². The highest BCUT2D eigenvalue weighted by Gasteiger charge is 2.28. The number of esters is 1. The molecule has 0 unspecified atom stereocenters. The number of fused-ring (bicyclic) bond motifs is 1. The van der Waals surface area contributed by atoms with Crippen LogP contribution in [0.1, 0.15) is 47.3 Å². The Kier molecular flexibility index (Phi) is 7.27. The van der Waals surface area contributed by atoms with Crippen LogP contribution in [-0.2, 0) is 24.2 Å². The first-order valence-corrected chi connectivity index (χ1v) is 12.4. The molecule has 9 heteroatoms. The fourth-order valence-electron chi connectivity index (χ4n) is 4.92. The van der Waals surface area contributed by atoms with Gasteiger partial charge >= 0.3 is 12.0 Å². The highest BCUT2D eigenvalue weighted by molar-refractivity contribution is 5.93. The quantitative estimate of drug-likeness (QED) is 0.464. The van der Waals surface area contributed by atoms with Crippen molar-refractivity contribution < 1.29 is 19.0 Å². The molecule has 0 radical (unpaired) electrons. The first-order chi connectivity index (χ1) is 17.6. The molecule has 3 heterocycles. The van der Waals surface area contributed by atoms with Crippen molar-refractivity contribution in [3.05, 3.63) is 76.0 Å². The molecule has 2 aromatic heterocycles. The molecule has 0 bridgehead atoms. The summed E-state index contributed by atoms with van der Waals surface area (Å²) in [4.78, 5) is 36.2. The van der Waals surface area contributed by atoms with Gasteiger partial charge in [-0.2, -0.15) is 0 Å². The monoisotopic (exact) mass is 490 g/mol. The second kappa shape index (κ2) is 10.9. The van der Waals surface area contributed by atoms with Crippen molar-refractivity contribution in [2.75, 3.05) is 20.2 Å². The molecular formula is C27H30N4O5. The molecule has 0 N–H and O–H groups in total. The Morgan fingerprint density at radius 3 is 2.53 bits per heavy atom. The Morgan fingerprint density at radius 1 is 1.06 bits per heavy atom. The first kappa shape index (κ1) is 24.0. The van der Waals surface area contributed by atoms with Gasteiger partial charge in [-0.15, -0.1) is 0 Å². The van der Waals surface area contributed by atoms with Crippen LogP contribution in [0, 0.1) is 0 Å². The van der Waals surface area contributed by atoms with Crippen molar-refractivity contribution in [2.45, 2.75) is 51.3 Å². The van der Waals surface area contributed by atoms with Gasteiger partial charge in [0.2, 0.25) is 0 Å². The smallest absolute Gasteiger partial charge is 0.343 e. The molecule has 1 aliphatic carbocycles. The van der Waals surface area contributed by atoms with Crippen LogP contribution in [0.5, 0.6) is 17.5 Å². The number of carbonyl (C=O) groups excluding carboxylic acids is 1. The lowest BCUT2D eigenvalue weighted by molar-refractivity contribution is 0.0590. The predicted molar refractivity (Wildman–Crippen MR) is 132 cm³/mol. The number of methoxy groups -OCH3 is 1. The van der Waals surface area contributed by atoms with Gasteiger partial charge < -0.3 is 18.8 Å². The zero-order valence-electron chi connectivity index (χ0n) is 20.4. The Labute approximate surface area is 209 Å². The average molecular weight is 491 g/mol. The van der Waals surface area contributed by atoms with Crippen LogP contribution in [-0.4, -0.2) is 51.7 Å². The maximum Gasteiger partial charge on any atom is 0.343 e. The number of pyridine rings is 1. The van der Waals surface area contributed by atoms with E-state index in [0.29, 0.717) is 61.4 Å². The van der Waals surface area contributed by atoms with E-state index in [-0.39, 0.29) is 11.7 Å². The summed E-state index contributed by atoms with van der Waals surface area (Å²) in [6, 6.07) is 11.3. The van der Waals surface area contributed by atoms with Gasteiger partial charge in [0, 0.05) is 56.8 Å². The van der Waals surface area contributed by atoms with E-state index in [9.17, 15) is 9.59 Å². The molecule has 1 aliphatic heterocycles. The Morgan fingerprint density at radius 2 is 1.81 bits per heavy atom. The maximum atomic E-state index is 13.0. The van der Waals surface area contributed by atoms with Gasteiger partial charge in [-0.25, -0.2) is 14.8 Å². The standard InChI is InChI=1S/C27H30N4O5/c1-34-26(33)25-22-11-14-30(15-16-31(22)24(32)17-23(25)35-20-5-2-3-6-20)18-19-7-9-21(10-8-19)36-27-28-12-4-13-29-27/h4,7-10,12-13,17,20H,2-3,5-6,11,14-16,18H2,1H3. The minimum atomic E-state index is -0.460. The van der Waals surface area contributed by atoms with Crippen LogP contribution in [0.4, 0.5) is 0 Å². The van der Waals surface area contributed by atoms with E-state index >= 15 is 0 Å². The van der Waals surface area contributed by atoms with Crippen LogP contribution in [0.3, 0.4) is 0 Å². The number of hydrogen-bond donors (Lipinski definition) is 0. The van der Waals surface area contributed by atoms with Gasteiger partial charge in [0.05, 0.1) is 13.2 Å². The largest absolute Gasteiger partial charge is 0.489 e. The topological polar surface area (TPSA) is 95.8 Å². The fourth-order valence-corrected chi connectivity index (χ4v) is 4.92. The summed E-state index contributed by atoms with van der Waals surface area (Å²) in [7, 11) is 1.37. The summed E-state index contributed by atoms with van der Waals surface area (Å²) in [5.74, 6) is 0.562. The fraction of sp³-hybridized carbons (Fsp3) is 0.407. The number of carbonyl (C=O) groups is 1. The molecule has 2 aliphatic rings. The van der Waals surface area contributed by atoms with E-state index in [0.717, 1.165) is 31.2 Å². The Hall–Kier alpha value is -3.72. The minimum absolute atomic E-state index is 0.0403. The number of benzene rings is 1. The van der Waals surface area contributed by atoms with Gasteiger partial charge in [0.25, 0.3) is 5.56 Å². The lowest BCUT2D eigenvalue weighted by Gasteiger charge is -2.20. The maximum absolute atomic E-state index is 13.0. The van der Waals surface area contributed by atoms with Gasteiger partial charge in [-0.05, 0) is 49.4 Å².